The van der Waals surface area contributed by atoms with Gasteiger partial charge in [-0.1, -0.05) is 0 Å². The van der Waals surface area contributed by atoms with Gasteiger partial charge in [-0.2, -0.15) is 10.3 Å². The quantitative estimate of drug-likeness (QED) is 0.499. The lowest BCUT2D eigenvalue weighted by atomic mass is 10.5. The molecule has 0 aliphatic heterocycles. The smallest absolute Gasteiger partial charge is 0.260 e. The van der Waals surface area contributed by atoms with Crippen molar-refractivity contribution in [2.45, 2.75) is 6.92 Å². The molecule has 0 fully saturated rings. The molecule has 0 atom stereocenters. The number of nitriles is 1. The Morgan fingerprint density at radius 1 is 1.92 bits per heavy atom. The molecule has 62 valence electrons. The highest BCUT2D eigenvalue weighted by molar-refractivity contribution is 5.55. The maximum atomic E-state index is 8.48. The number of hydrogen-bond acceptors (Lipinski definition) is 5. The van der Waals surface area contributed by atoms with Gasteiger partial charge in [0, 0.05) is 0 Å². The third-order valence-corrected chi connectivity index (χ3v) is 1.07. The molecule has 0 amide bonds. The van der Waals surface area contributed by atoms with Gasteiger partial charge >= 0.3 is 0 Å². The molecule has 0 unspecified atom stereocenters. The molecular formula is C7H7N3O2. The van der Waals surface area contributed by atoms with Crippen molar-refractivity contribution in [2.75, 3.05) is 6.61 Å². The van der Waals surface area contributed by atoms with Crippen LogP contribution >= 0.6 is 0 Å². The molecule has 0 saturated carbocycles. The van der Waals surface area contributed by atoms with E-state index in [1.165, 1.54) is 6.40 Å². The molecule has 5 nitrogen and oxygen atoms in total. The van der Waals surface area contributed by atoms with Crippen molar-refractivity contribution in [3.8, 4) is 6.07 Å². The third kappa shape index (κ3) is 1.83. The maximum Gasteiger partial charge on any atom is 0.260 e. The van der Waals surface area contributed by atoms with E-state index in [4.69, 9.17) is 14.4 Å². The normalized spacial score (nSPS) is 10.0. The van der Waals surface area contributed by atoms with Crippen LogP contribution in [0, 0.1) is 11.3 Å². The number of aliphatic imine (C=N–C) groups is 1. The molecule has 0 aliphatic rings. The molecule has 1 rings (SSSR count). The number of oxazole rings is 1. The summed E-state index contributed by atoms with van der Waals surface area (Å²) in [5.41, 5.74) is 0.158. The Kier molecular flexibility index (Phi) is 2.85. The van der Waals surface area contributed by atoms with Crippen LogP contribution in [0.4, 0.5) is 5.88 Å². The van der Waals surface area contributed by atoms with Crippen LogP contribution in [0.5, 0.6) is 0 Å². The first-order chi connectivity index (χ1) is 5.88. The second-order valence-corrected chi connectivity index (χ2v) is 1.81. The number of rotatable bonds is 3. The second-order valence-electron chi connectivity index (χ2n) is 1.81. The number of aromatic nitrogens is 1. The van der Waals surface area contributed by atoms with E-state index in [0.29, 0.717) is 6.61 Å². The van der Waals surface area contributed by atoms with Gasteiger partial charge in [-0.3, -0.25) is 0 Å². The molecule has 1 aromatic heterocycles. The van der Waals surface area contributed by atoms with Crippen LogP contribution in [-0.2, 0) is 4.74 Å². The van der Waals surface area contributed by atoms with E-state index in [1.807, 2.05) is 13.0 Å². The van der Waals surface area contributed by atoms with E-state index in [-0.39, 0.29) is 11.6 Å². The van der Waals surface area contributed by atoms with Crippen LogP contribution in [0.15, 0.2) is 15.8 Å². The van der Waals surface area contributed by atoms with Crippen LogP contribution in [-0.4, -0.2) is 18.0 Å². The monoisotopic (exact) mass is 165 g/mol. The number of nitrogens with zero attached hydrogens (tertiary/aromatic N) is 3. The standard InChI is InChI=1S/C7H7N3O2/c1-2-11-4-10-7-6(3-8)9-5-12-7/h4-5H,2H2,1H3. The van der Waals surface area contributed by atoms with Crippen molar-refractivity contribution >= 4 is 12.3 Å². The molecule has 5 heteroatoms. The topological polar surface area (TPSA) is 71.4 Å². The van der Waals surface area contributed by atoms with Crippen LogP contribution in [0.1, 0.15) is 12.6 Å². The van der Waals surface area contributed by atoms with Crippen LogP contribution in [0.25, 0.3) is 0 Å². The number of hydrogen-bond donors (Lipinski definition) is 0. The van der Waals surface area contributed by atoms with E-state index >= 15 is 0 Å². The van der Waals surface area contributed by atoms with Crippen molar-refractivity contribution in [2.24, 2.45) is 4.99 Å². The first-order valence-electron chi connectivity index (χ1n) is 3.36. The van der Waals surface area contributed by atoms with Crippen molar-refractivity contribution < 1.29 is 9.15 Å². The van der Waals surface area contributed by atoms with Gasteiger partial charge < -0.3 is 9.15 Å². The zero-order chi connectivity index (χ0) is 8.81. The summed E-state index contributed by atoms with van der Waals surface area (Å²) in [5, 5.41) is 8.48. The van der Waals surface area contributed by atoms with Gasteiger partial charge in [-0.05, 0) is 6.92 Å². The Bertz CT molecular complexity index is 311. The van der Waals surface area contributed by atoms with Crippen molar-refractivity contribution in [1.29, 1.82) is 5.26 Å². The summed E-state index contributed by atoms with van der Waals surface area (Å²) in [6, 6.07) is 1.83. The fourth-order valence-corrected chi connectivity index (χ4v) is 0.568. The predicted molar refractivity (Wildman–Crippen MR) is 41.0 cm³/mol. The minimum atomic E-state index is 0.158. The van der Waals surface area contributed by atoms with Crippen LogP contribution in [0.3, 0.4) is 0 Å². The van der Waals surface area contributed by atoms with Crippen LogP contribution in [0.2, 0.25) is 0 Å². The lowest BCUT2D eigenvalue weighted by Gasteiger charge is -1.88. The summed E-state index contributed by atoms with van der Waals surface area (Å²) < 4.78 is 9.61. The lowest BCUT2D eigenvalue weighted by Crippen LogP contribution is -1.83. The molecule has 1 heterocycles. The summed E-state index contributed by atoms with van der Waals surface area (Å²) in [6.45, 7) is 2.36. The Morgan fingerprint density at radius 2 is 2.75 bits per heavy atom. The molecule has 1 aromatic rings. The zero-order valence-corrected chi connectivity index (χ0v) is 6.52. The Labute approximate surface area is 69.3 Å². The molecule has 0 N–H and O–H groups in total. The van der Waals surface area contributed by atoms with Gasteiger partial charge in [0.1, 0.15) is 6.07 Å². The third-order valence-electron chi connectivity index (χ3n) is 1.07. The first kappa shape index (κ1) is 8.27. The molecule has 12 heavy (non-hydrogen) atoms. The summed E-state index contributed by atoms with van der Waals surface area (Å²) in [6.07, 6.45) is 2.39. The van der Waals surface area contributed by atoms with Gasteiger partial charge in [0.2, 0.25) is 5.69 Å². The van der Waals surface area contributed by atoms with E-state index < -0.39 is 0 Å². The molecule has 0 saturated heterocycles. The largest absolute Gasteiger partial charge is 0.483 e. The van der Waals surface area contributed by atoms with E-state index in [2.05, 4.69) is 9.98 Å². The van der Waals surface area contributed by atoms with Gasteiger partial charge in [-0.15, -0.1) is 0 Å². The summed E-state index contributed by atoms with van der Waals surface area (Å²) in [7, 11) is 0. The van der Waals surface area contributed by atoms with Gasteiger partial charge in [0.25, 0.3) is 5.88 Å². The van der Waals surface area contributed by atoms with Crippen molar-refractivity contribution in [3.05, 3.63) is 12.1 Å². The summed E-state index contributed by atoms with van der Waals surface area (Å²) in [5.74, 6) is 0.172. The Morgan fingerprint density at radius 3 is 3.42 bits per heavy atom. The van der Waals surface area contributed by atoms with Gasteiger partial charge in [-0.25, -0.2) is 4.98 Å². The van der Waals surface area contributed by atoms with E-state index in [0.717, 1.165) is 6.39 Å². The highest BCUT2D eigenvalue weighted by Gasteiger charge is 2.03. The SMILES string of the molecule is CCOC=Nc1ocnc1C#N. The number of ether oxygens (including phenoxy) is 1. The minimum absolute atomic E-state index is 0.158. The van der Waals surface area contributed by atoms with Crippen LogP contribution < -0.4 is 0 Å². The lowest BCUT2D eigenvalue weighted by molar-refractivity contribution is 0.343. The van der Waals surface area contributed by atoms with E-state index in [9.17, 15) is 0 Å². The average molecular weight is 165 g/mol. The summed E-state index contributed by atoms with van der Waals surface area (Å²) in [4.78, 5) is 7.34. The fraction of sp³-hybridized carbons (Fsp3) is 0.286. The Balaban J connectivity index is 2.69. The average Bonchev–Trinajstić information content (AvgIpc) is 2.52. The molecule has 0 spiro atoms. The Hall–Kier alpha value is -1.83. The van der Waals surface area contributed by atoms with Gasteiger partial charge in [0.15, 0.2) is 12.8 Å². The summed E-state index contributed by atoms with van der Waals surface area (Å²) >= 11 is 0. The maximum absolute atomic E-state index is 8.48. The molecular weight excluding hydrogens is 158 g/mol. The predicted octanol–water partition coefficient (Wildman–Crippen LogP) is 1.24. The van der Waals surface area contributed by atoms with Crippen molar-refractivity contribution in [3.63, 3.8) is 0 Å². The minimum Gasteiger partial charge on any atom is -0.483 e. The first-order valence-corrected chi connectivity index (χ1v) is 3.36. The molecule has 0 radical (unpaired) electrons. The molecule has 0 aliphatic carbocycles. The fourth-order valence-electron chi connectivity index (χ4n) is 0.568. The highest BCUT2D eigenvalue weighted by atomic mass is 16.5. The second kappa shape index (κ2) is 4.13. The molecule has 0 bridgehead atoms. The molecule has 0 aromatic carbocycles. The zero-order valence-electron chi connectivity index (χ0n) is 6.52. The van der Waals surface area contributed by atoms with E-state index in [1.54, 1.807) is 0 Å². The van der Waals surface area contributed by atoms with Gasteiger partial charge in [0.05, 0.1) is 6.61 Å². The highest BCUT2D eigenvalue weighted by Crippen LogP contribution is 2.14. The van der Waals surface area contributed by atoms with Crippen molar-refractivity contribution in [1.82, 2.24) is 4.98 Å².